The Morgan fingerprint density at radius 2 is 0.755 bits per heavy atom. The van der Waals surface area contributed by atoms with Gasteiger partial charge in [-0.2, -0.15) is 0 Å². The molecule has 0 aliphatic carbocycles. The van der Waals surface area contributed by atoms with Gasteiger partial charge in [0.05, 0.1) is 26.3 Å². The van der Waals surface area contributed by atoms with Crippen LogP contribution in [0.2, 0.25) is 0 Å². The third kappa shape index (κ3) is 26.7. The van der Waals surface area contributed by atoms with Crippen LogP contribution in [0, 0.1) is 0 Å². The molecule has 0 spiro atoms. The zero-order valence-electron chi connectivity index (χ0n) is 34.0. The lowest BCUT2D eigenvalue weighted by atomic mass is 10.0. The van der Waals surface area contributed by atoms with Crippen molar-refractivity contribution in [1.82, 2.24) is 4.90 Å². The van der Waals surface area contributed by atoms with E-state index in [1.165, 1.54) is 180 Å². The molecule has 0 amide bonds. The largest absolute Gasteiger partial charge is 1.00 e. The van der Waals surface area contributed by atoms with Gasteiger partial charge in [0, 0.05) is 26.9 Å². The summed E-state index contributed by atoms with van der Waals surface area (Å²) in [6, 6.07) is 0. The molecule has 1 heterocycles. The highest BCUT2D eigenvalue weighted by molar-refractivity contribution is 4.67. The summed E-state index contributed by atoms with van der Waals surface area (Å²) in [7, 11) is 0. The Labute approximate surface area is 319 Å². The Balaban J connectivity index is 0.0000230. The van der Waals surface area contributed by atoms with Gasteiger partial charge >= 0.3 is 0 Å². The van der Waals surface area contributed by atoms with Crippen molar-refractivity contribution in [2.75, 3.05) is 52.5 Å². The standard InChI is InChI=1S/C43H90N3O2.BrH/c1-5-7-9-11-13-15-17-19-21-23-25-27-29-31-40-47-42(3)46(38-36-45(37-39-46)35-33-34-44)43(4)48-41-32-30-28-26-24-22-20-18-16-14-12-10-8-6-2;/h42-43H,5-41,44H2,1-4H3;1H/q+1;/p-1. The summed E-state index contributed by atoms with van der Waals surface area (Å²) in [6.07, 6.45) is 40.6. The Bertz CT molecular complexity index is 605. The molecular weight excluding hydrogens is 670 g/mol. The number of rotatable bonds is 37. The summed E-state index contributed by atoms with van der Waals surface area (Å²) in [5, 5.41) is 0. The number of quaternary nitrogens is 1. The maximum absolute atomic E-state index is 6.61. The van der Waals surface area contributed by atoms with E-state index in [0.717, 1.165) is 63.4 Å². The molecule has 1 aliphatic rings. The average Bonchev–Trinajstić information content (AvgIpc) is 3.10. The Hall–Kier alpha value is 0.280. The quantitative estimate of drug-likeness (QED) is 0.0507. The van der Waals surface area contributed by atoms with Gasteiger partial charge in [0.1, 0.15) is 0 Å². The lowest BCUT2D eigenvalue weighted by molar-refractivity contribution is -1.01. The van der Waals surface area contributed by atoms with E-state index in [2.05, 4.69) is 32.6 Å². The van der Waals surface area contributed by atoms with Crippen LogP contribution < -0.4 is 22.7 Å². The van der Waals surface area contributed by atoms with Crippen molar-refractivity contribution < 1.29 is 30.9 Å². The minimum absolute atomic E-state index is 0. The minimum atomic E-state index is 0. The van der Waals surface area contributed by atoms with E-state index in [0.29, 0.717) is 0 Å². The average molecular weight is 761 g/mol. The molecule has 2 unspecified atom stereocenters. The van der Waals surface area contributed by atoms with Crippen LogP contribution in [-0.4, -0.2) is 74.3 Å². The third-order valence-corrected chi connectivity index (χ3v) is 11.5. The molecule has 49 heavy (non-hydrogen) atoms. The van der Waals surface area contributed by atoms with Crippen LogP contribution in [0.25, 0.3) is 0 Å². The molecule has 1 rings (SSSR count). The number of unbranched alkanes of at least 4 members (excludes halogenated alkanes) is 26. The van der Waals surface area contributed by atoms with Gasteiger partial charge in [-0.05, 0) is 32.4 Å². The Kier molecular flexibility index (Phi) is 36.8. The van der Waals surface area contributed by atoms with Gasteiger partial charge in [-0.3, -0.25) is 9.38 Å². The summed E-state index contributed by atoms with van der Waals surface area (Å²) in [6.45, 7) is 17.4. The first-order valence-corrected chi connectivity index (χ1v) is 22.1. The van der Waals surface area contributed by atoms with Gasteiger partial charge < -0.3 is 32.2 Å². The highest BCUT2D eigenvalue weighted by Gasteiger charge is 2.43. The molecule has 0 aromatic heterocycles. The van der Waals surface area contributed by atoms with Crippen LogP contribution >= 0.6 is 0 Å². The molecule has 0 bridgehead atoms. The van der Waals surface area contributed by atoms with Crippen molar-refractivity contribution in [3.05, 3.63) is 0 Å². The van der Waals surface area contributed by atoms with E-state index < -0.39 is 0 Å². The summed E-state index contributed by atoms with van der Waals surface area (Å²) in [4.78, 5) is 2.60. The summed E-state index contributed by atoms with van der Waals surface area (Å²) in [5.74, 6) is 0. The van der Waals surface area contributed by atoms with Gasteiger partial charge in [0.2, 0.25) is 0 Å². The van der Waals surface area contributed by atoms with Gasteiger partial charge in [-0.1, -0.05) is 181 Å². The van der Waals surface area contributed by atoms with Crippen molar-refractivity contribution in [3.63, 3.8) is 0 Å². The maximum atomic E-state index is 6.61. The van der Waals surface area contributed by atoms with E-state index in [1.54, 1.807) is 0 Å². The minimum Gasteiger partial charge on any atom is -1.00 e. The molecular formula is C43H90BrN3O2. The first-order chi connectivity index (χ1) is 23.6. The van der Waals surface area contributed by atoms with Gasteiger partial charge in [-0.25, -0.2) is 0 Å². The molecule has 0 radical (unpaired) electrons. The molecule has 296 valence electrons. The molecule has 2 N–H and O–H groups in total. The topological polar surface area (TPSA) is 47.7 Å². The second-order valence-corrected chi connectivity index (χ2v) is 15.7. The van der Waals surface area contributed by atoms with Crippen molar-refractivity contribution in [3.8, 4) is 0 Å². The number of hydrogen-bond donors (Lipinski definition) is 1. The molecule has 0 aromatic rings. The summed E-state index contributed by atoms with van der Waals surface area (Å²) < 4.78 is 14.2. The maximum Gasteiger partial charge on any atom is 0.192 e. The van der Waals surface area contributed by atoms with Crippen LogP contribution in [0.3, 0.4) is 0 Å². The lowest BCUT2D eigenvalue weighted by Gasteiger charge is -2.50. The number of piperazine rings is 1. The monoisotopic (exact) mass is 760 g/mol. The highest BCUT2D eigenvalue weighted by Crippen LogP contribution is 2.26. The zero-order chi connectivity index (χ0) is 34.8. The summed E-state index contributed by atoms with van der Waals surface area (Å²) >= 11 is 0. The number of ether oxygens (including phenoxy) is 2. The van der Waals surface area contributed by atoms with E-state index >= 15 is 0 Å². The first kappa shape index (κ1) is 49.3. The molecule has 1 aliphatic heterocycles. The predicted octanol–water partition coefficient (Wildman–Crippen LogP) is 9.16. The highest BCUT2D eigenvalue weighted by atomic mass is 79.9. The second-order valence-electron chi connectivity index (χ2n) is 15.7. The SMILES string of the molecule is CCCCCCCCCCCCCCCCOC(C)[N+]1(C(C)OCCCCCCCCCCCCCCCC)CCN(CCCN)CC1.[Br-]. The van der Waals surface area contributed by atoms with E-state index in [1.807, 2.05) is 0 Å². The van der Waals surface area contributed by atoms with Crippen LogP contribution in [0.15, 0.2) is 0 Å². The van der Waals surface area contributed by atoms with E-state index in [-0.39, 0.29) is 29.4 Å². The van der Waals surface area contributed by atoms with Crippen LogP contribution in [0.1, 0.15) is 214 Å². The van der Waals surface area contributed by atoms with E-state index in [4.69, 9.17) is 15.2 Å². The lowest BCUT2D eigenvalue weighted by Crippen LogP contribution is -3.00. The molecule has 1 fully saturated rings. The normalized spacial score (nSPS) is 16.1. The smallest absolute Gasteiger partial charge is 0.192 e. The molecule has 2 atom stereocenters. The van der Waals surface area contributed by atoms with Crippen LogP contribution in [0.4, 0.5) is 0 Å². The number of nitrogens with zero attached hydrogens (tertiary/aromatic N) is 2. The molecule has 6 heteroatoms. The summed E-state index contributed by atoms with van der Waals surface area (Å²) in [5.41, 5.74) is 5.82. The third-order valence-electron chi connectivity index (χ3n) is 11.5. The number of nitrogens with two attached hydrogens (primary N) is 1. The molecule has 5 nitrogen and oxygen atoms in total. The molecule has 1 saturated heterocycles. The van der Waals surface area contributed by atoms with E-state index in [9.17, 15) is 0 Å². The Morgan fingerprint density at radius 1 is 0.469 bits per heavy atom. The van der Waals surface area contributed by atoms with Crippen molar-refractivity contribution in [2.45, 2.75) is 226 Å². The molecule has 0 aromatic carbocycles. The number of hydrogen-bond acceptors (Lipinski definition) is 4. The first-order valence-electron chi connectivity index (χ1n) is 22.1. The predicted molar refractivity (Wildman–Crippen MR) is 212 cm³/mol. The van der Waals surface area contributed by atoms with Gasteiger partial charge in [-0.15, -0.1) is 0 Å². The Morgan fingerprint density at radius 3 is 1.04 bits per heavy atom. The van der Waals surface area contributed by atoms with Crippen LogP contribution in [-0.2, 0) is 9.47 Å². The van der Waals surface area contributed by atoms with Gasteiger partial charge in [0.15, 0.2) is 12.5 Å². The van der Waals surface area contributed by atoms with Crippen molar-refractivity contribution in [2.24, 2.45) is 5.73 Å². The van der Waals surface area contributed by atoms with Crippen LogP contribution in [0.5, 0.6) is 0 Å². The fourth-order valence-electron chi connectivity index (χ4n) is 7.84. The van der Waals surface area contributed by atoms with Crippen molar-refractivity contribution >= 4 is 0 Å². The van der Waals surface area contributed by atoms with Crippen molar-refractivity contribution in [1.29, 1.82) is 0 Å². The fraction of sp³-hybridized carbons (Fsp3) is 1.00. The number of halogens is 1. The zero-order valence-corrected chi connectivity index (χ0v) is 35.6. The van der Waals surface area contributed by atoms with Gasteiger partial charge in [0.25, 0.3) is 0 Å². The second kappa shape index (κ2) is 36.6. The molecule has 0 saturated carbocycles. The fourth-order valence-corrected chi connectivity index (χ4v) is 7.84.